The van der Waals surface area contributed by atoms with E-state index >= 15 is 0 Å². The summed E-state index contributed by atoms with van der Waals surface area (Å²) in [6, 6.07) is 0. The van der Waals surface area contributed by atoms with E-state index in [1.54, 1.807) is 0 Å². The van der Waals surface area contributed by atoms with Gasteiger partial charge >= 0.3 is 0 Å². The van der Waals surface area contributed by atoms with Crippen molar-refractivity contribution in [3.63, 3.8) is 0 Å². The van der Waals surface area contributed by atoms with Gasteiger partial charge in [0.15, 0.2) is 0 Å². The second kappa shape index (κ2) is 8.66. The SMILES string of the molecule is CC(C)/C=C/[PH](=O)CC(C)C.[Y]. The summed E-state index contributed by atoms with van der Waals surface area (Å²) in [7, 11) is -1.41. The summed E-state index contributed by atoms with van der Waals surface area (Å²) in [5, 5.41) is 0. The number of hydrogen-bond acceptors (Lipinski definition) is 1. The number of rotatable bonds is 4. The van der Waals surface area contributed by atoms with E-state index in [1.807, 2.05) is 11.9 Å². The Morgan fingerprint density at radius 2 is 1.75 bits per heavy atom. The summed E-state index contributed by atoms with van der Waals surface area (Å²) in [5.41, 5.74) is 0. The minimum Gasteiger partial charge on any atom is -0.323 e. The van der Waals surface area contributed by atoms with Crippen LogP contribution in [-0.4, -0.2) is 6.16 Å². The Hall–Kier alpha value is 1.07. The van der Waals surface area contributed by atoms with E-state index in [9.17, 15) is 4.57 Å². The van der Waals surface area contributed by atoms with Crippen molar-refractivity contribution >= 4 is 7.80 Å². The molecule has 0 saturated heterocycles. The molecule has 0 aromatic carbocycles. The third kappa shape index (κ3) is 11.1. The third-order valence-electron chi connectivity index (χ3n) is 1.28. The Bertz CT molecular complexity index is 153. The topological polar surface area (TPSA) is 17.1 Å². The van der Waals surface area contributed by atoms with Gasteiger partial charge in [0, 0.05) is 38.9 Å². The standard InChI is InChI=1S/C9H19OP.Y/c1-8(2)5-6-11(10)7-9(3)4;/h5-6,8-9,11H,7H2,1-4H3;/b6-5+;. The van der Waals surface area contributed by atoms with Crippen molar-refractivity contribution in [2.45, 2.75) is 27.7 Å². The zero-order valence-electron chi connectivity index (χ0n) is 8.50. The normalized spacial score (nSPS) is 13.8. The first-order valence-corrected chi connectivity index (χ1v) is 5.92. The average Bonchev–Trinajstić information content (AvgIpc) is 1.82. The summed E-state index contributed by atoms with van der Waals surface area (Å²) in [5.74, 6) is 2.96. The van der Waals surface area contributed by atoms with E-state index in [2.05, 4.69) is 27.7 Å². The van der Waals surface area contributed by atoms with Gasteiger partial charge in [-0.25, -0.2) is 0 Å². The van der Waals surface area contributed by atoms with Crippen LogP contribution in [0.1, 0.15) is 27.7 Å². The van der Waals surface area contributed by atoms with Gasteiger partial charge in [-0.3, -0.25) is 0 Å². The third-order valence-corrected chi connectivity index (χ3v) is 3.06. The second-order valence-electron chi connectivity index (χ2n) is 3.67. The van der Waals surface area contributed by atoms with Gasteiger partial charge in [0.1, 0.15) is 0 Å². The predicted molar refractivity (Wildman–Crippen MR) is 52.7 cm³/mol. The van der Waals surface area contributed by atoms with E-state index in [1.165, 1.54) is 0 Å². The molecule has 0 bridgehead atoms. The molecule has 1 atom stereocenters. The minimum absolute atomic E-state index is 0. The van der Waals surface area contributed by atoms with Gasteiger partial charge in [-0.15, -0.1) is 0 Å². The zero-order chi connectivity index (χ0) is 8.85. The van der Waals surface area contributed by atoms with Crippen molar-refractivity contribution in [2.24, 2.45) is 11.8 Å². The molecule has 0 aromatic heterocycles. The van der Waals surface area contributed by atoms with Gasteiger partial charge in [0.25, 0.3) is 0 Å². The van der Waals surface area contributed by atoms with Crippen molar-refractivity contribution in [2.75, 3.05) is 6.16 Å². The van der Waals surface area contributed by atoms with Crippen LogP contribution in [0.25, 0.3) is 0 Å². The molecule has 0 N–H and O–H groups in total. The first-order valence-electron chi connectivity index (χ1n) is 4.23. The Kier molecular flexibility index (Phi) is 11.2. The van der Waals surface area contributed by atoms with Crippen molar-refractivity contribution in [3.05, 3.63) is 11.9 Å². The van der Waals surface area contributed by atoms with Crippen LogP contribution in [0.5, 0.6) is 0 Å². The smallest absolute Gasteiger partial charge is 0.0968 e. The Labute approximate surface area is 102 Å². The summed E-state index contributed by atoms with van der Waals surface area (Å²) in [4.78, 5) is 0. The molecule has 0 aliphatic heterocycles. The predicted octanol–water partition coefficient (Wildman–Crippen LogP) is 3.37. The molecule has 1 nitrogen and oxygen atoms in total. The quantitative estimate of drug-likeness (QED) is 0.711. The largest absolute Gasteiger partial charge is 0.323 e. The van der Waals surface area contributed by atoms with E-state index < -0.39 is 7.80 Å². The second-order valence-corrected chi connectivity index (χ2v) is 5.34. The van der Waals surface area contributed by atoms with Gasteiger partial charge in [-0.2, -0.15) is 0 Å². The molecule has 0 fully saturated rings. The summed E-state index contributed by atoms with van der Waals surface area (Å²) in [6.07, 6.45) is 2.89. The maximum atomic E-state index is 11.3. The molecule has 69 valence electrons. The zero-order valence-corrected chi connectivity index (χ0v) is 12.3. The van der Waals surface area contributed by atoms with E-state index in [4.69, 9.17) is 0 Å². The molecule has 0 aromatic rings. The average molecular weight is 263 g/mol. The fourth-order valence-corrected chi connectivity index (χ4v) is 2.31. The molecule has 0 amide bonds. The summed E-state index contributed by atoms with van der Waals surface area (Å²) in [6.45, 7) is 8.40. The van der Waals surface area contributed by atoms with Crippen LogP contribution in [0.4, 0.5) is 0 Å². The summed E-state index contributed by atoms with van der Waals surface area (Å²) < 4.78 is 11.3. The number of hydrogen-bond donors (Lipinski definition) is 0. The first kappa shape index (κ1) is 15.5. The van der Waals surface area contributed by atoms with Crippen LogP contribution < -0.4 is 0 Å². The molecular formula is C9H19OPY. The van der Waals surface area contributed by atoms with Crippen LogP contribution in [-0.2, 0) is 37.3 Å². The number of allylic oxidation sites excluding steroid dienone is 1. The van der Waals surface area contributed by atoms with Crippen molar-refractivity contribution in [1.29, 1.82) is 0 Å². The van der Waals surface area contributed by atoms with Crippen LogP contribution in [0.2, 0.25) is 0 Å². The minimum atomic E-state index is -1.41. The Morgan fingerprint density at radius 3 is 2.08 bits per heavy atom. The van der Waals surface area contributed by atoms with E-state index in [0.717, 1.165) is 6.16 Å². The molecule has 0 rings (SSSR count). The van der Waals surface area contributed by atoms with Crippen LogP contribution in [0.15, 0.2) is 11.9 Å². The molecule has 0 aliphatic carbocycles. The molecule has 0 spiro atoms. The fourth-order valence-electron chi connectivity index (χ4n) is 0.770. The first-order chi connectivity index (χ1) is 5.02. The van der Waals surface area contributed by atoms with Crippen molar-refractivity contribution in [3.8, 4) is 0 Å². The van der Waals surface area contributed by atoms with Gasteiger partial charge in [-0.05, 0) is 17.7 Å². The van der Waals surface area contributed by atoms with Crippen molar-refractivity contribution < 1.29 is 37.3 Å². The fraction of sp³-hybridized carbons (Fsp3) is 0.778. The molecule has 0 aliphatic rings. The van der Waals surface area contributed by atoms with Crippen LogP contribution in [0.3, 0.4) is 0 Å². The maximum absolute atomic E-state index is 11.3. The molecule has 3 heteroatoms. The molecule has 12 heavy (non-hydrogen) atoms. The van der Waals surface area contributed by atoms with E-state index in [-0.39, 0.29) is 32.7 Å². The van der Waals surface area contributed by atoms with Crippen molar-refractivity contribution in [1.82, 2.24) is 0 Å². The molecular weight excluding hydrogens is 244 g/mol. The van der Waals surface area contributed by atoms with Gasteiger partial charge in [0.05, 0.1) is 7.80 Å². The molecule has 1 radical (unpaired) electrons. The maximum Gasteiger partial charge on any atom is 0.0968 e. The monoisotopic (exact) mass is 263 g/mol. The van der Waals surface area contributed by atoms with Gasteiger partial charge in [0.2, 0.25) is 0 Å². The van der Waals surface area contributed by atoms with E-state index in [0.29, 0.717) is 11.8 Å². The van der Waals surface area contributed by atoms with Gasteiger partial charge in [-0.1, -0.05) is 33.8 Å². The summed E-state index contributed by atoms with van der Waals surface area (Å²) >= 11 is 0. The Balaban J connectivity index is 0. The molecule has 0 heterocycles. The Morgan fingerprint density at radius 1 is 1.25 bits per heavy atom. The molecule has 1 unspecified atom stereocenters. The molecule has 0 saturated carbocycles. The van der Waals surface area contributed by atoms with Gasteiger partial charge < -0.3 is 4.57 Å². The van der Waals surface area contributed by atoms with Crippen LogP contribution >= 0.6 is 7.80 Å². The van der Waals surface area contributed by atoms with Crippen LogP contribution in [0, 0.1) is 11.8 Å².